The van der Waals surface area contributed by atoms with E-state index in [1.807, 2.05) is 31.3 Å². The van der Waals surface area contributed by atoms with E-state index >= 15 is 0 Å². The monoisotopic (exact) mass is 315 g/mol. The molecule has 0 spiro atoms. The normalized spacial score (nSPS) is 19.4. The van der Waals surface area contributed by atoms with Crippen LogP contribution in [0.15, 0.2) is 24.4 Å². The lowest BCUT2D eigenvalue weighted by molar-refractivity contribution is -0.126. The van der Waals surface area contributed by atoms with Crippen LogP contribution in [0.3, 0.4) is 0 Å². The fourth-order valence-electron chi connectivity index (χ4n) is 3.03. The van der Waals surface area contributed by atoms with Crippen molar-refractivity contribution in [2.24, 2.45) is 5.73 Å². The highest BCUT2D eigenvalue weighted by Gasteiger charge is 2.42. The summed E-state index contributed by atoms with van der Waals surface area (Å²) in [5.74, 6) is 0.587. The van der Waals surface area contributed by atoms with Crippen LogP contribution in [-0.4, -0.2) is 28.0 Å². The molecule has 1 aromatic heterocycles. The van der Waals surface area contributed by atoms with E-state index < -0.39 is 5.54 Å². The van der Waals surface area contributed by atoms with Crippen LogP contribution in [0.25, 0.3) is 0 Å². The summed E-state index contributed by atoms with van der Waals surface area (Å²) in [6, 6.07) is 5.66. The highest BCUT2D eigenvalue weighted by atomic mass is 16.5. The maximum absolute atomic E-state index is 12.6. The number of hydrogen-bond donors (Lipinski definition) is 2. The Morgan fingerprint density at radius 1 is 1.52 bits per heavy atom. The number of aromatic nitrogens is 3. The van der Waals surface area contributed by atoms with Crippen molar-refractivity contribution in [2.75, 3.05) is 7.11 Å². The van der Waals surface area contributed by atoms with Crippen molar-refractivity contribution in [3.8, 4) is 5.75 Å². The third kappa shape index (κ3) is 2.68. The first-order valence-electron chi connectivity index (χ1n) is 7.71. The SMILES string of the molecule is CCn1cc(CNC(=O)C2(N)CCc3c(OC)cccc32)nn1. The maximum Gasteiger partial charge on any atom is 0.245 e. The van der Waals surface area contributed by atoms with E-state index in [1.54, 1.807) is 11.8 Å². The number of nitrogens with two attached hydrogens (primary N) is 1. The van der Waals surface area contributed by atoms with Crippen molar-refractivity contribution in [3.63, 3.8) is 0 Å². The average Bonchev–Trinajstić information content (AvgIpc) is 3.18. The van der Waals surface area contributed by atoms with E-state index in [2.05, 4.69) is 15.6 Å². The van der Waals surface area contributed by atoms with Gasteiger partial charge >= 0.3 is 0 Å². The van der Waals surface area contributed by atoms with Gasteiger partial charge in [0.2, 0.25) is 5.91 Å². The lowest BCUT2D eigenvalue weighted by atomic mass is 9.92. The summed E-state index contributed by atoms with van der Waals surface area (Å²) in [5, 5.41) is 10.8. The smallest absolute Gasteiger partial charge is 0.245 e. The van der Waals surface area contributed by atoms with Gasteiger partial charge in [0, 0.05) is 6.54 Å². The Morgan fingerprint density at radius 3 is 3.04 bits per heavy atom. The van der Waals surface area contributed by atoms with E-state index in [0.29, 0.717) is 18.7 Å². The van der Waals surface area contributed by atoms with Crippen LogP contribution in [-0.2, 0) is 29.8 Å². The average molecular weight is 315 g/mol. The van der Waals surface area contributed by atoms with Crippen LogP contribution in [0.4, 0.5) is 0 Å². The van der Waals surface area contributed by atoms with E-state index in [4.69, 9.17) is 10.5 Å². The highest BCUT2D eigenvalue weighted by molar-refractivity contribution is 5.89. The molecule has 23 heavy (non-hydrogen) atoms. The number of aryl methyl sites for hydroxylation is 1. The molecule has 1 unspecified atom stereocenters. The van der Waals surface area contributed by atoms with Crippen LogP contribution >= 0.6 is 0 Å². The molecule has 0 aliphatic heterocycles. The minimum absolute atomic E-state index is 0.199. The molecule has 7 heteroatoms. The molecule has 1 aromatic carbocycles. The molecule has 7 nitrogen and oxygen atoms in total. The van der Waals surface area contributed by atoms with Gasteiger partial charge in [-0.3, -0.25) is 9.48 Å². The molecule has 3 rings (SSSR count). The first-order chi connectivity index (χ1) is 11.1. The van der Waals surface area contributed by atoms with Crippen LogP contribution in [0.1, 0.15) is 30.2 Å². The Bertz CT molecular complexity index is 727. The summed E-state index contributed by atoms with van der Waals surface area (Å²) in [6.07, 6.45) is 3.11. The molecule has 0 fully saturated rings. The largest absolute Gasteiger partial charge is 0.496 e. The maximum atomic E-state index is 12.6. The Morgan fingerprint density at radius 2 is 2.35 bits per heavy atom. The van der Waals surface area contributed by atoms with Gasteiger partial charge in [0.15, 0.2) is 0 Å². The molecule has 122 valence electrons. The van der Waals surface area contributed by atoms with Crippen LogP contribution in [0, 0.1) is 0 Å². The van der Waals surface area contributed by atoms with Crippen molar-refractivity contribution < 1.29 is 9.53 Å². The van der Waals surface area contributed by atoms with Gasteiger partial charge in [-0.25, -0.2) is 0 Å². The predicted molar refractivity (Wildman–Crippen MR) is 84.7 cm³/mol. The van der Waals surface area contributed by atoms with E-state index in [9.17, 15) is 4.79 Å². The molecule has 2 aromatic rings. The number of nitrogens with zero attached hydrogens (tertiary/aromatic N) is 3. The van der Waals surface area contributed by atoms with E-state index in [-0.39, 0.29) is 5.91 Å². The lowest BCUT2D eigenvalue weighted by Gasteiger charge is -2.24. The van der Waals surface area contributed by atoms with Gasteiger partial charge in [0.25, 0.3) is 0 Å². The molecule has 0 saturated carbocycles. The third-order valence-corrected chi connectivity index (χ3v) is 4.35. The van der Waals surface area contributed by atoms with E-state index in [1.165, 1.54) is 0 Å². The van der Waals surface area contributed by atoms with Crippen LogP contribution in [0.5, 0.6) is 5.75 Å². The van der Waals surface area contributed by atoms with Crippen LogP contribution in [0.2, 0.25) is 0 Å². The highest BCUT2D eigenvalue weighted by Crippen LogP contribution is 2.39. The van der Waals surface area contributed by atoms with Gasteiger partial charge < -0.3 is 15.8 Å². The fraction of sp³-hybridized carbons (Fsp3) is 0.438. The Labute approximate surface area is 134 Å². The number of methoxy groups -OCH3 is 1. The van der Waals surface area contributed by atoms with Crippen molar-refractivity contribution in [1.82, 2.24) is 20.3 Å². The molecule has 0 saturated heterocycles. The van der Waals surface area contributed by atoms with Crippen molar-refractivity contribution in [1.29, 1.82) is 0 Å². The number of ether oxygens (including phenoxy) is 1. The lowest BCUT2D eigenvalue weighted by Crippen LogP contribution is -2.49. The Balaban J connectivity index is 1.75. The second-order valence-corrected chi connectivity index (χ2v) is 5.71. The summed E-state index contributed by atoms with van der Waals surface area (Å²) in [7, 11) is 1.63. The standard InChI is InChI=1S/C16H21N5O2/c1-3-21-10-11(19-20-21)9-18-15(22)16(17)8-7-12-13(16)5-4-6-14(12)23-2/h4-6,10H,3,7-9,17H2,1-2H3,(H,18,22). The van der Waals surface area contributed by atoms with Gasteiger partial charge in [0.05, 0.1) is 19.9 Å². The minimum Gasteiger partial charge on any atom is -0.496 e. The van der Waals surface area contributed by atoms with Crippen molar-refractivity contribution in [2.45, 2.75) is 38.4 Å². The summed E-state index contributed by atoms with van der Waals surface area (Å²) >= 11 is 0. The van der Waals surface area contributed by atoms with Crippen molar-refractivity contribution in [3.05, 3.63) is 41.2 Å². The molecule has 3 N–H and O–H groups in total. The first kappa shape index (κ1) is 15.5. The number of carbonyl (C=O) groups excluding carboxylic acids is 1. The predicted octanol–water partition coefficient (Wildman–Crippen LogP) is 0.723. The Hall–Kier alpha value is -2.41. The van der Waals surface area contributed by atoms with Gasteiger partial charge in [-0.1, -0.05) is 17.3 Å². The molecule has 0 bridgehead atoms. The van der Waals surface area contributed by atoms with Gasteiger partial charge in [-0.15, -0.1) is 5.10 Å². The molecular formula is C16H21N5O2. The summed E-state index contributed by atoms with van der Waals surface area (Å²) < 4.78 is 7.08. The third-order valence-electron chi connectivity index (χ3n) is 4.35. The number of fused-ring (bicyclic) bond motifs is 1. The molecular weight excluding hydrogens is 294 g/mol. The van der Waals surface area contributed by atoms with Gasteiger partial charge in [-0.2, -0.15) is 0 Å². The number of rotatable bonds is 5. The number of amides is 1. The topological polar surface area (TPSA) is 95.1 Å². The number of carbonyl (C=O) groups is 1. The van der Waals surface area contributed by atoms with Crippen molar-refractivity contribution >= 4 is 5.91 Å². The van der Waals surface area contributed by atoms with Gasteiger partial charge in [-0.05, 0) is 37.0 Å². The summed E-state index contributed by atoms with van der Waals surface area (Å²) in [6.45, 7) is 3.04. The van der Waals surface area contributed by atoms with Crippen LogP contribution < -0.4 is 15.8 Å². The summed E-state index contributed by atoms with van der Waals surface area (Å²) in [4.78, 5) is 12.6. The fourth-order valence-corrected chi connectivity index (χ4v) is 3.03. The Kier molecular flexibility index (Phi) is 4.04. The first-order valence-corrected chi connectivity index (χ1v) is 7.71. The second-order valence-electron chi connectivity index (χ2n) is 5.71. The molecule has 1 aliphatic carbocycles. The molecule has 1 atom stereocenters. The molecule has 1 aliphatic rings. The zero-order valence-electron chi connectivity index (χ0n) is 13.4. The number of hydrogen-bond acceptors (Lipinski definition) is 5. The zero-order valence-corrected chi connectivity index (χ0v) is 13.4. The second kappa shape index (κ2) is 6.00. The molecule has 1 amide bonds. The van der Waals surface area contributed by atoms with Gasteiger partial charge in [0.1, 0.15) is 17.0 Å². The number of nitrogens with one attached hydrogen (secondary N) is 1. The molecule has 1 heterocycles. The summed E-state index contributed by atoms with van der Waals surface area (Å²) in [5.41, 5.74) is 7.97. The number of benzene rings is 1. The zero-order chi connectivity index (χ0) is 16.4. The van der Waals surface area contributed by atoms with E-state index in [0.717, 1.165) is 29.8 Å². The quantitative estimate of drug-likeness (QED) is 0.848. The molecule has 0 radical (unpaired) electrons. The minimum atomic E-state index is -1.02.